The lowest BCUT2D eigenvalue weighted by Crippen LogP contribution is -2.35. The summed E-state index contributed by atoms with van der Waals surface area (Å²) >= 11 is 0. The smallest absolute Gasteiger partial charge is 0.305 e. The lowest BCUT2D eigenvalue weighted by molar-refractivity contribution is -0.144. The van der Waals surface area contributed by atoms with E-state index < -0.39 is 12.0 Å². The lowest BCUT2D eigenvalue weighted by atomic mass is 10.0. The van der Waals surface area contributed by atoms with E-state index in [-0.39, 0.29) is 24.1 Å². The molecule has 4 rings (SSSR count). The molecule has 33 heavy (non-hydrogen) atoms. The normalized spacial score (nSPS) is 12.7. The van der Waals surface area contributed by atoms with Crippen molar-refractivity contribution >= 4 is 17.4 Å². The second-order valence-electron chi connectivity index (χ2n) is 7.77. The third-order valence-electron chi connectivity index (χ3n) is 5.60. The minimum absolute atomic E-state index is 0.0477. The number of fused-ring (bicyclic) bond motifs is 1. The van der Waals surface area contributed by atoms with Gasteiger partial charge in [0.05, 0.1) is 12.5 Å². The Labute approximate surface area is 188 Å². The SMILES string of the molecule is Cc1nc2nc(C(F)(F)F)nn2c(C)c1CC(=O)N(c1ccccc1)[C@@H](C)c1ccccc1. The van der Waals surface area contributed by atoms with E-state index in [0.717, 1.165) is 15.8 Å². The molecular formula is C24H22F3N5O. The van der Waals surface area contributed by atoms with Crippen LogP contribution in [0.5, 0.6) is 0 Å². The van der Waals surface area contributed by atoms with Crippen LogP contribution in [-0.4, -0.2) is 25.5 Å². The predicted molar refractivity (Wildman–Crippen MR) is 118 cm³/mol. The Hall–Kier alpha value is -3.75. The topological polar surface area (TPSA) is 63.4 Å². The summed E-state index contributed by atoms with van der Waals surface area (Å²) in [5, 5.41) is 3.57. The van der Waals surface area contributed by atoms with Crippen LogP contribution in [0.3, 0.4) is 0 Å². The first-order chi connectivity index (χ1) is 15.7. The number of carbonyl (C=O) groups is 1. The molecule has 0 N–H and O–H groups in total. The van der Waals surface area contributed by atoms with Crippen molar-refractivity contribution in [2.24, 2.45) is 0 Å². The highest BCUT2D eigenvalue weighted by Crippen LogP contribution is 2.30. The van der Waals surface area contributed by atoms with Crippen LogP contribution in [0.25, 0.3) is 5.78 Å². The molecule has 4 aromatic rings. The number of aromatic nitrogens is 4. The van der Waals surface area contributed by atoms with Gasteiger partial charge in [-0.2, -0.15) is 18.2 Å². The van der Waals surface area contributed by atoms with Crippen LogP contribution in [0, 0.1) is 13.8 Å². The van der Waals surface area contributed by atoms with E-state index in [2.05, 4.69) is 15.1 Å². The molecule has 2 aromatic heterocycles. The molecular weight excluding hydrogens is 431 g/mol. The van der Waals surface area contributed by atoms with E-state index >= 15 is 0 Å². The van der Waals surface area contributed by atoms with E-state index in [0.29, 0.717) is 17.0 Å². The first kappa shape index (κ1) is 22.4. The van der Waals surface area contributed by atoms with Crippen LogP contribution in [-0.2, 0) is 17.4 Å². The summed E-state index contributed by atoms with van der Waals surface area (Å²) in [4.78, 5) is 23.0. The van der Waals surface area contributed by atoms with Crippen LogP contribution >= 0.6 is 0 Å². The number of hydrogen-bond donors (Lipinski definition) is 0. The van der Waals surface area contributed by atoms with Crippen molar-refractivity contribution in [3.8, 4) is 0 Å². The van der Waals surface area contributed by atoms with Gasteiger partial charge in [0, 0.05) is 22.6 Å². The number of rotatable bonds is 5. The van der Waals surface area contributed by atoms with Crippen molar-refractivity contribution in [1.82, 2.24) is 19.6 Å². The second-order valence-corrected chi connectivity index (χ2v) is 7.77. The standard InChI is InChI=1S/C24H22F3N5O/c1-15-20(17(3)32-23(28-15)29-22(30-32)24(25,26)27)14-21(33)31(19-12-8-5-9-13-19)16(2)18-10-6-4-7-11-18/h4-13,16H,14H2,1-3H3/t16-/m0/s1. The highest BCUT2D eigenvalue weighted by Gasteiger charge is 2.37. The maximum absolute atomic E-state index is 13.6. The van der Waals surface area contributed by atoms with Gasteiger partial charge < -0.3 is 4.90 Å². The van der Waals surface area contributed by atoms with Gasteiger partial charge in [-0.05, 0) is 38.5 Å². The zero-order chi connectivity index (χ0) is 23.8. The minimum atomic E-state index is -4.68. The van der Waals surface area contributed by atoms with Gasteiger partial charge in [-0.3, -0.25) is 4.79 Å². The number of amides is 1. The first-order valence-corrected chi connectivity index (χ1v) is 10.4. The maximum Gasteiger partial charge on any atom is 0.453 e. The Kier molecular flexibility index (Phi) is 5.88. The van der Waals surface area contributed by atoms with Gasteiger partial charge in [0.1, 0.15) is 0 Å². The summed E-state index contributed by atoms with van der Waals surface area (Å²) in [6.07, 6.45) is -4.73. The summed E-state index contributed by atoms with van der Waals surface area (Å²) in [5.74, 6) is -1.61. The number of carbonyl (C=O) groups excluding carboxylic acids is 1. The lowest BCUT2D eigenvalue weighted by Gasteiger charge is -2.30. The first-order valence-electron chi connectivity index (χ1n) is 10.4. The van der Waals surface area contributed by atoms with Gasteiger partial charge in [-0.25, -0.2) is 9.50 Å². The van der Waals surface area contributed by atoms with Crippen LogP contribution in [0.15, 0.2) is 60.7 Å². The summed E-state index contributed by atoms with van der Waals surface area (Å²) in [6.45, 7) is 5.21. The fourth-order valence-corrected chi connectivity index (χ4v) is 3.87. The van der Waals surface area contributed by atoms with Crippen LogP contribution in [0.4, 0.5) is 18.9 Å². The molecule has 0 bridgehead atoms. The summed E-state index contributed by atoms with van der Waals surface area (Å²) in [5.41, 5.74) is 3.04. The second kappa shape index (κ2) is 8.65. The zero-order valence-electron chi connectivity index (χ0n) is 18.3. The number of para-hydroxylation sites is 1. The molecule has 6 nitrogen and oxygen atoms in total. The molecule has 0 unspecified atom stereocenters. The number of hydrogen-bond acceptors (Lipinski definition) is 4. The third kappa shape index (κ3) is 4.44. The van der Waals surface area contributed by atoms with Crippen molar-refractivity contribution in [2.45, 2.75) is 39.4 Å². The number of alkyl halides is 3. The van der Waals surface area contributed by atoms with E-state index in [1.54, 1.807) is 18.7 Å². The quantitative estimate of drug-likeness (QED) is 0.422. The Morgan fingerprint density at radius 2 is 1.61 bits per heavy atom. The summed E-state index contributed by atoms with van der Waals surface area (Å²) < 4.78 is 40.3. The van der Waals surface area contributed by atoms with Crippen LogP contribution in [0.2, 0.25) is 0 Å². The number of anilines is 1. The molecule has 9 heteroatoms. The van der Waals surface area contributed by atoms with E-state index in [4.69, 9.17) is 0 Å². The Balaban J connectivity index is 1.74. The number of halogens is 3. The average Bonchev–Trinajstić information content (AvgIpc) is 3.23. The van der Waals surface area contributed by atoms with Gasteiger partial charge in [-0.15, -0.1) is 5.10 Å². The fraction of sp³-hybridized carbons (Fsp3) is 0.250. The van der Waals surface area contributed by atoms with Gasteiger partial charge in [-0.1, -0.05) is 48.5 Å². The molecule has 0 radical (unpaired) electrons. The predicted octanol–water partition coefficient (Wildman–Crippen LogP) is 5.10. The Morgan fingerprint density at radius 1 is 1.00 bits per heavy atom. The maximum atomic E-state index is 13.6. The molecule has 2 aromatic carbocycles. The number of aryl methyl sites for hydroxylation is 2. The third-order valence-corrected chi connectivity index (χ3v) is 5.60. The van der Waals surface area contributed by atoms with E-state index in [1.807, 2.05) is 67.6 Å². The Morgan fingerprint density at radius 3 is 2.21 bits per heavy atom. The zero-order valence-corrected chi connectivity index (χ0v) is 18.3. The van der Waals surface area contributed by atoms with Crippen molar-refractivity contribution < 1.29 is 18.0 Å². The van der Waals surface area contributed by atoms with E-state index in [9.17, 15) is 18.0 Å². The van der Waals surface area contributed by atoms with E-state index in [1.165, 1.54) is 0 Å². The van der Waals surface area contributed by atoms with Gasteiger partial charge >= 0.3 is 6.18 Å². The molecule has 1 amide bonds. The number of nitrogens with zero attached hydrogens (tertiary/aromatic N) is 5. The largest absolute Gasteiger partial charge is 0.453 e. The molecule has 0 saturated heterocycles. The molecule has 1 atom stereocenters. The van der Waals surface area contributed by atoms with Gasteiger partial charge in [0.25, 0.3) is 11.6 Å². The summed E-state index contributed by atoms with van der Waals surface area (Å²) in [6, 6.07) is 18.6. The monoisotopic (exact) mass is 453 g/mol. The van der Waals surface area contributed by atoms with Crippen molar-refractivity contribution in [3.05, 3.63) is 89.0 Å². The molecule has 170 valence electrons. The molecule has 0 fully saturated rings. The number of benzene rings is 2. The minimum Gasteiger partial charge on any atom is -0.305 e. The fourth-order valence-electron chi connectivity index (χ4n) is 3.87. The van der Waals surface area contributed by atoms with Crippen LogP contribution in [0.1, 0.15) is 41.3 Å². The summed E-state index contributed by atoms with van der Waals surface area (Å²) in [7, 11) is 0. The molecule has 0 saturated carbocycles. The molecule has 0 aliphatic rings. The molecule has 2 heterocycles. The van der Waals surface area contributed by atoms with Gasteiger partial charge in [0.15, 0.2) is 0 Å². The van der Waals surface area contributed by atoms with Crippen molar-refractivity contribution in [3.63, 3.8) is 0 Å². The molecule has 0 spiro atoms. The average molecular weight is 453 g/mol. The van der Waals surface area contributed by atoms with Gasteiger partial charge in [0.2, 0.25) is 5.91 Å². The van der Waals surface area contributed by atoms with Crippen molar-refractivity contribution in [2.75, 3.05) is 4.90 Å². The molecule has 0 aliphatic heterocycles. The Bertz CT molecular complexity index is 1290. The highest BCUT2D eigenvalue weighted by atomic mass is 19.4. The van der Waals surface area contributed by atoms with Crippen LogP contribution < -0.4 is 4.90 Å². The molecule has 0 aliphatic carbocycles. The highest BCUT2D eigenvalue weighted by molar-refractivity contribution is 5.95. The van der Waals surface area contributed by atoms with Crippen molar-refractivity contribution in [1.29, 1.82) is 0 Å².